The number of piperazine rings is 1. The van der Waals surface area contributed by atoms with Crippen molar-refractivity contribution >= 4 is 64.8 Å². The molecule has 3 aromatic heterocycles. The van der Waals surface area contributed by atoms with Gasteiger partial charge in [0.15, 0.2) is 0 Å². The predicted octanol–water partition coefficient (Wildman–Crippen LogP) is 4.73. The number of rotatable bonds is 5. The number of H-pyrrole nitrogens is 1. The van der Waals surface area contributed by atoms with Crippen LogP contribution in [0, 0.1) is 12.8 Å². The van der Waals surface area contributed by atoms with Gasteiger partial charge in [-0.2, -0.15) is 0 Å². The Morgan fingerprint density at radius 1 is 1.32 bits per heavy atom. The van der Waals surface area contributed by atoms with E-state index in [9.17, 15) is 4.79 Å². The maximum atomic E-state index is 10.1. The van der Waals surface area contributed by atoms with Gasteiger partial charge in [-0.15, -0.1) is 11.3 Å². The van der Waals surface area contributed by atoms with E-state index in [1.54, 1.807) is 11.3 Å². The molecule has 1 N–H and O–H groups in total. The van der Waals surface area contributed by atoms with Gasteiger partial charge in [0.25, 0.3) is 0 Å². The lowest BCUT2D eigenvalue weighted by molar-refractivity contribution is -0.115. The maximum absolute atomic E-state index is 10.1. The monoisotopic (exact) mass is 571 g/mol. The molecule has 0 aromatic carbocycles. The minimum absolute atomic E-state index is 0.276. The van der Waals surface area contributed by atoms with Gasteiger partial charge in [0.2, 0.25) is 0 Å². The number of fused-ring (bicyclic) bond motifs is 1. The maximum Gasteiger partial charge on any atom is 0.139 e. The summed E-state index contributed by atoms with van der Waals surface area (Å²) in [5.41, 5.74) is 4.27. The number of thiazole rings is 1. The highest BCUT2D eigenvalue weighted by Crippen LogP contribution is 2.33. The number of carbonyl (C=O) groups is 1. The molecule has 0 atom stereocenters. The number of aromatic nitrogens is 3. The summed E-state index contributed by atoms with van der Waals surface area (Å²) in [4.78, 5) is 27.4. The number of likely N-dealkylation sites (N-methyl/N-ethyl adjacent to an activating group) is 1. The Labute approximate surface area is 202 Å². The number of nitrogens with one attached hydrogen (secondary N) is 1. The molecule has 1 aliphatic heterocycles. The fraction of sp³-hybridized carbons (Fsp3) is 0.476. The SMILES string of the molecule is Cc1nc(-c2cc3c(N4CCN(C)CC4)ccnc3[nH]2)cs1.O=CC1CC(OSI)C1. The summed E-state index contributed by atoms with van der Waals surface area (Å²) in [7, 11) is 3.53. The van der Waals surface area contributed by atoms with Crippen LogP contribution in [-0.4, -0.2) is 65.5 Å². The number of pyridine rings is 1. The van der Waals surface area contributed by atoms with Gasteiger partial charge in [-0.05, 0) is 38.9 Å². The van der Waals surface area contributed by atoms with Crippen LogP contribution in [0.25, 0.3) is 22.4 Å². The van der Waals surface area contributed by atoms with Crippen molar-refractivity contribution in [3.63, 3.8) is 0 Å². The number of aldehydes is 1. The van der Waals surface area contributed by atoms with Crippen LogP contribution < -0.4 is 4.90 Å². The van der Waals surface area contributed by atoms with Crippen LogP contribution in [0.4, 0.5) is 5.69 Å². The Balaban J connectivity index is 0.000000217. The van der Waals surface area contributed by atoms with Gasteiger partial charge in [0.05, 0.1) is 31.7 Å². The van der Waals surface area contributed by atoms with Crippen molar-refractivity contribution in [1.29, 1.82) is 0 Å². The molecule has 2 aliphatic rings. The number of aromatic amines is 1. The lowest BCUT2D eigenvalue weighted by atomic mass is 9.84. The highest BCUT2D eigenvalue weighted by Gasteiger charge is 2.29. The summed E-state index contributed by atoms with van der Waals surface area (Å²) in [6.45, 7) is 6.36. The molecular formula is C21H26IN5O2S2. The van der Waals surface area contributed by atoms with Crippen molar-refractivity contribution < 1.29 is 8.98 Å². The molecule has 4 heterocycles. The third-order valence-corrected chi connectivity index (χ3v) is 7.49. The second kappa shape index (κ2) is 10.6. The van der Waals surface area contributed by atoms with Crippen LogP contribution in [0.5, 0.6) is 0 Å². The van der Waals surface area contributed by atoms with Gasteiger partial charge in [0, 0.05) is 76.0 Å². The van der Waals surface area contributed by atoms with Gasteiger partial charge in [-0.1, -0.05) is 0 Å². The number of hydrogen-bond acceptors (Lipinski definition) is 8. The molecule has 166 valence electrons. The van der Waals surface area contributed by atoms with Crippen molar-refractivity contribution in [2.45, 2.75) is 25.9 Å². The van der Waals surface area contributed by atoms with E-state index in [2.05, 4.69) is 70.5 Å². The summed E-state index contributed by atoms with van der Waals surface area (Å²) in [6, 6.07) is 4.31. The number of aryl methyl sites for hydroxylation is 1. The molecule has 31 heavy (non-hydrogen) atoms. The molecule has 0 radical (unpaired) electrons. The fourth-order valence-electron chi connectivity index (χ4n) is 3.81. The average Bonchev–Trinajstić information content (AvgIpc) is 3.37. The number of halogens is 1. The first kappa shape index (κ1) is 23.0. The second-order valence-electron chi connectivity index (χ2n) is 7.97. The molecular weight excluding hydrogens is 545 g/mol. The van der Waals surface area contributed by atoms with E-state index in [-0.39, 0.29) is 5.92 Å². The van der Waals surface area contributed by atoms with E-state index >= 15 is 0 Å². The number of anilines is 1. The van der Waals surface area contributed by atoms with Gasteiger partial charge in [-0.25, -0.2) is 9.97 Å². The summed E-state index contributed by atoms with van der Waals surface area (Å²) in [5, 5.41) is 4.36. The summed E-state index contributed by atoms with van der Waals surface area (Å²) >= 11 is 3.76. The van der Waals surface area contributed by atoms with Gasteiger partial charge in [-0.3, -0.25) is 0 Å². The normalized spacial score (nSPS) is 21.5. The fourth-order valence-corrected chi connectivity index (χ4v) is 5.56. The van der Waals surface area contributed by atoms with Crippen LogP contribution in [0.2, 0.25) is 0 Å². The molecule has 1 saturated carbocycles. The van der Waals surface area contributed by atoms with E-state index in [1.807, 2.05) is 13.1 Å². The van der Waals surface area contributed by atoms with E-state index in [4.69, 9.17) is 4.18 Å². The Hall–Kier alpha value is -1.21. The Kier molecular flexibility index (Phi) is 7.86. The topological polar surface area (TPSA) is 74.4 Å². The third-order valence-electron chi connectivity index (χ3n) is 5.74. The van der Waals surface area contributed by atoms with Crippen LogP contribution in [0.15, 0.2) is 23.7 Å². The van der Waals surface area contributed by atoms with Crippen LogP contribution >= 0.6 is 41.8 Å². The first-order valence-corrected chi connectivity index (χ1v) is 14.5. The van der Waals surface area contributed by atoms with E-state index in [0.717, 1.165) is 67.3 Å². The van der Waals surface area contributed by atoms with Crippen molar-refractivity contribution in [2.75, 3.05) is 38.1 Å². The lowest BCUT2D eigenvalue weighted by Gasteiger charge is -2.34. The zero-order valence-electron chi connectivity index (χ0n) is 17.6. The molecule has 1 aliphatic carbocycles. The number of carbonyl (C=O) groups excluding carboxylic acids is 1. The van der Waals surface area contributed by atoms with Gasteiger partial charge >= 0.3 is 0 Å². The highest BCUT2D eigenvalue weighted by molar-refractivity contribution is 14.2. The largest absolute Gasteiger partial charge is 0.368 e. The van der Waals surface area contributed by atoms with Crippen molar-refractivity contribution in [1.82, 2.24) is 19.9 Å². The minimum Gasteiger partial charge on any atom is -0.368 e. The van der Waals surface area contributed by atoms with Crippen LogP contribution in [0.3, 0.4) is 0 Å². The summed E-state index contributed by atoms with van der Waals surface area (Å²) < 4.78 is 5.15. The van der Waals surface area contributed by atoms with E-state index < -0.39 is 0 Å². The van der Waals surface area contributed by atoms with Gasteiger partial charge < -0.3 is 23.8 Å². The standard InChI is InChI=1S/C16H19N5S.C5H7IO2S/c1-11-18-14(10-22-11)13-9-12-15(3-4-17-16(12)19-13)21-7-5-20(2)6-8-21;6-9-8-5-1-4(2-5)3-7/h3-4,9-10H,5-8H2,1-2H3,(H,17,19);3-5H,1-2H2. The van der Waals surface area contributed by atoms with Gasteiger partial charge in [0.1, 0.15) is 11.9 Å². The van der Waals surface area contributed by atoms with Crippen molar-refractivity contribution in [2.24, 2.45) is 5.92 Å². The van der Waals surface area contributed by atoms with E-state index in [0.29, 0.717) is 6.10 Å². The smallest absolute Gasteiger partial charge is 0.139 e. The van der Waals surface area contributed by atoms with Crippen LogP contribution in [0.1, 0.15) is 17.8 Å². The van der Waals surface area contributed by atoms with E-state index in [1.165, 1.54) is 20.3 Å². The average molecular weight is 572 g/mol. The molecule has 1 saturated heterocycles. The molecule has 7 nitrogen and oxygen atoms in total. The zero-order chi connectivity index (χ0) is 21.8. The molecule has 10 heteroatoms. The summed E-state index contributed by atoms with van der Waals surface area (Å²) in [5.74, 6) is 0.276. The molecule has 0 bridgehead atoms. The first-order valence-electron chi connectivity index (χ1n) is 10.3. The zero-order valence-corrected chi connectivity index (χ0v) is 21.4. The summed E-state index contributed by atoms with van der Waals surface area (Å²) in [6.07, 6.45) is 5.07. The Morgan fingerprint density at radius 2 is 2.10 bits per heavy atom. The first-order chi connectivity index (χ1) is 15.1. The molecule has 0 spiro atoms. The number of nitrogens with zero attached hydrogens (tertiary/aromatic N) is 4. The molecule has 3 aromatic rings. The Bertz CT molecular complexity index is 1010. The third kappa shape index (κ3) is 5.59. The molecule has 5 rings (SSSR count). The predicted molar refractivity (Wildman–Crippen MR) is 137 cm³/mol. The van der Waals surface area contributed by atoms with Crippen molar-refractivity contribution in [3.05, 3.63) is 28.7 Å². The minimum atomic E-state index is 0.276. The Morgan fingerprint density at radius 3 is 2.74 bits per heavy atom. The molecule has 2 fully saturated rings. The van der Waals surface area contributed by atoms with Crippen molar-refractivity contribution in [3.8, 4) is 11.4 Å². The quantitative estimate of drug-likeness (QED) is 0.270. The van der Waals surface area contributed by atoms with Crippen LogP contribution in [-0.2, 0) is 8.98 Å². The second-order valence-corrected chi connectivity index (χ2v) is 10.4. The lowest BCUT2D eigenvalue weighted by Crippen LogP contribution is -2.44. The molecule has 0 amide bonds. The molecule has 0 unspecified atom stereocenters. The highest BCUT2D eigenvalue weighted by atomic mass is 127. The number of hydrogen-bond donors (Lipinski definition) is 1.